The molecule has 0 bridgehead atoms. The predicted octanol–water partition coefficient (Wildman–Crippen LogP) is 3.81. The van der Waals surface area contributed by atoms with Crippen molar-refractivity contribution in [2.45, 2.75) is 39.7 Å². The van der Waals surface area contributed by atoms with Gasteiger partial charge in [0.2, 0.25) is 0 Å². The Labute approximate surface area is 137 Å². The maximum absolute atomic E-state index is 11.5. The Morgan fingerprint density at radius 3 is 2.78 bits per heavy atom. The van der Waals surface area contributed by atoms with Crippen LogP contribution in [0.5, 0.6) is 0 Å². The SMILES string of the molecule is Cc1ccc2cc(C#CCCNC(=O)OC(C)(C)C)ccc2n1. The van der Waals surface area contributed by atoms with Gasteiger partial charge in [0.15, 0.2) is 0 Å². The van der Waals surface area contributed by atoms with Crippen molar-refractivity contribution in [1.82, 2.24) is 10.3 Å². The van der Waals surface area contributed by atoms with Gasteiger partial charge in [-0.15, -0.1) is 0 Å². The third-order valence-corrected chi connectivity index (χ3v) is 2.98. The molecule has 23 heavy (non-hydrogen) atoms. The molecule has 120 valence electrons. The number of hydrogen-bond acceptors (Lipinski definition) is 3. The van der Waals surface area contributed by atoms with Crippen molar-refractivity contribution in [1.29, 1.82) is 0 Å². The van der Waals surface area contributed by atoms with E-state index in [-0.39, 0.29) is 0 Å². The minimum Gasteiger partial charge on any atom is -0.444 e. The number of pyridine rings is 1. The Balaban J connectivity index is 1.87. The monoisotopic (exact) mass is 310 g/mol. The van der Waals surface area contributed by atoms with Gasteiger partial charge in [-0.1, -0.05) is 17.9 Å². The first-order chi connectivity index (χ1) is 10.8. The fourth-order valence-electron chi connectivity index (χ4n) is 2.01. The Hall–Kier alpha value is -2.54. The standard InChI is InChI=1S/C19H22N2O2/c1-14-8-10-16-13-15(9-11-17(16)21-14)7-5-6-12-20-18(22)23-19(2,3)4/h8-11,13H,6,12H2,1-4H3,(H,20,22). The van der Waals surface area contributed by atoms with E-state index in [1.807, 2.05) is 58.0 Å². The van der Waals surface area contributed by atoms with Crippen LogP contribution in [0.4, 0.5) is 4.79 Å². The van der Waals surface area contributed by atoms with Crippen LogP contribution in [0.2, 0.25) is 0 Å². The van der Waals surface area contributed by atoms with Crippen LogP contribution < -0.4 is 5.32 Å². The maximum atomic E-state index is 11.5. The van der Waals surface area contributed by atoms with E-state index in [1.165, 1.54) is 0 Å². The van der Waals surface area contributed by atoms with Crippen molar-refractivity contribution in [2.24, 2.45) is 0 Å². The lowest BCUT2D eigenvalue weighted by atomic mass is 10.1. The quantitative estimate of drug-likeness (QED) is 0.678. The van der Waals surface area contributed by atoms with Crippen LogP contribution in [0.25, 0.3) is 10.9 Å². The number of amides is 1. The van der Waals surface area contributed by atoms with Gasteiger partial charge in [0.05, 0.1) is 5.52 Å². The second kappa shape index (κ2) is 7.15. The zero-order chi connectivity index (χ0) is 16.9. The number of aromatic nitrogens is 1. The van der Waals surface area contributed by atoms with E-state index in [0.717, 1.165) is 22.2 Å². The first-order valence-corrected chi connectivity index (χ1v) is 7.67. The van der Waals surface area contributed by atoms with E-state index in [9.17, 15) is 4.79 Å². The fraction of sp³-hybridized carbons (Fsp3) is 0.368. The van der Waals surface area contributed by atoms with Crippen LogP contribution in [0.15, 0.2) is 30.3 Å². The summed E-state index contributed by atoms with van der Waals surface area (Å²) in [5.41, 5.74) is 2.44. The minimum absolute atomic E-state index is 0.411. The molecule has 2 rings (SSSR count). The van der Waals surface area contributed by atoms with Crippen LogP contribution in [-0.4, -0.2) is 23.2 Å². The lowest BCUT2D eigenvalue weighted by Crippen LogP contribution is -2.32. The molecule has 1 amide bonds. The fourth-order valence-corrected chi connectivity index (χ4v) is 2.01. The summed E-state index contributed by atoms with van der Waals surface area (Å²) in [6, 6.07) is 10.0. The summed E-state index contributed by atoms with van der Waals surface area (Å²) < 4.78 is 5.16. The van der Waals surface area contributed by atoms with Gasteiger partial charge >= 0.3 is 6.09 Å². The Morgan fingerprint density at radius 2 is 2.04 bits per heavy atom. The highest BCUT2D eigenvalue weighted by Gasteiger charge is 2.15. The molecule has 1 N–H and O–H groups in total. The molecule has 0 unspecified atom stereocenters. The van der Waals surface area contributed by atoms with E-state index in [2.05, 4.69) is 22.1 Å². The summed E-state index contributed by atoms with van der Waals surface area (Å²) in [6.45, 7) is 7.95. The number of fused-ring (bicyclic) bond motifs is 1. The number of ether oxygens (including phenoxy) is 1. The van der Waals surface area contributed by atoms with Gasteiger partial charge < -0.3 is 10.1 Å². The van der Waals surface area contributed by atoms with E-state index in [0.29, 0.717) is 13.0 Å². The molecule has 4 nitrogen and oxygen atoms in total. The van der Waals surface area contributed by atoms with Crippen LogP contribution in [0, 0.1) is 18.8 Å². The number of carbonyl (C=O) groups is 1. The molecule has 1 aromatic heterocycles. The first kappa shape index (κ1) is 16.8. The second-order valence-electron chi connectivity index (χ2n) is 6.34. The molecule has 0 aliphatic heterocycles. The lowest BCUT2D eigenvalue weighted by molar-refractivity contribution is 0.0529. The van der Waals surface area contributed by atoms with Crippen LogP contribution in [0.1, 0.15) is 38.4 Å². The number of hydrogen-bond donors (Lipinski definition) is 1. The molecule has 1 heterocycles. The summed E-state index contributed by atoms with van der Waals surface area (Å²) in [7, 11) is 0. The van der Waals surface area contributed by atoms with Gasteiger partial charge in [0.25, 0.3) is 0 Å². The predicted molar refractivity (Wildman–Crippen MR) is 92.2 cm³/mol. The molecule has 2 aromatic rings. The number of aryl methyl sites for hydroxylation is 1. The van der Waals surface area contributed by atoms with Gasteiger partial charge in [-0.2, -0.15) is 0 Å². The number of rotatable bonds is 2. The number of nitrogens with one attached hydrogen (secondary N) is 1. The molecule has 0 fully saturated rings. The molecule has 0 saturated heterocycles. The number of alkyl carbamates (subject to hydrolysis) is 1. The molecule has 0 spiro atoms. The molecule has 0 saturated carbocycles. The van der Waals surface area contributed by atoms with Gasteiger partial charge in [-0.05, 0) is 52.0 Å². The van der Waals surface area contributed by atoms with E-state index in [1.54, 1.807) is 0 Å². The smallest absolute Gasteiger partial charge is 0.407 e. The average molecular weight is 310 g/mol. The molecule has 4 heteroatoms. The highest BCUT2D eigenvalue weighted by atomic mass is 16.6. The van der Waals surface area contributed by atoms with Crippen LogP contribution in [0.3, 0.4) is 0 Å². The van der Waals surface area contributed by atoms with Crippen LogP contribution in [-0.2, 0) is 4.74 Å². The van der Waals surface area contributed by atoms with E-state index < -0.39 is 11.7 Å². The van der Waals surface area contributed by atoms with Gasteiger partial charge in [0, 0.05) is 29.6 Å². The summed E-state index contributed by atoms with van der Waals surface area (Å²) >= 11 is 0. The largest absolute Gasteiger partial charge is 0.444 e. The second-order valence-corrected chi connectivity index (χ2v) is 6.34. The summed E-state index contributed by atoms with van der Waals surface area (Å²) in [5, 5.41) is 3.77. The van der Waals surface area contributed by atoms with Crippen molar-refractivity contribution in [3.8, 4) is 11.8 Å². The summed E-state index contributed by atoms with van der Waals surface area (Å²) in [4.78, 5) is 15.9. The Bertz CT molecular complexity index is 764. The van der Waals surface area contributed by atoms with E-state index in [4.69, 9.17) is 4.74 Å². The molecule has 1 aromatic carbocycles. The molecular formula is C19H22N2O2. The molecular weight excluding hydrogens is 288 g/mol. The van der Waals surface area contributed by atoms with Gasteiger partial charge in [-0.3, -0.25) is 4.98 Å². The Morgan fingerprint density at radius 1 is 1.26 bits per heavy atom. The zero-order valence-corrected chi connectivity index (χ0v) is 14.1. The lowest BCUT2D eigenvalue weighted by Gasteiger charge is -2.19. The molecule has 0 aliphatic carbocycles. The zero-order valence-electron chi connectivity index (χ0n) is 14.1. The first-order valence-electron chi connectivity index (χ1n) is 7.67. The average Bonchev–Trinajstić information content (AvgIpc) is 2.45. The molecule has 0 radical (unpaired) electrons. The van der Waals surface area contributed by atoms with Gasteiger partial charge in [0.1, 0.15) is 5.60 Å². The minimum atomic E-state index is -0.479. The highest BCUT2D eigenvalue weighted by molar-refractivity contribution is 5.80. The Kier molecular flexibility index (Phi) is 5.23. The summed E-state index contributed by atoms with van der Waals surface area (Å²) in [6.07, 6.45) is 0.162. The molecule has 0 atom stereocenters. The number of nitrogens with zero attached hydrogens (tertiary/aromatic N) is 1. The van der Waals surface area contributed by atoms with Gasteiger partial charge in [-0.25, -0.2) is 4.79 Å². The topological polar surface area (TPSA) is 51.2 Å². The van der Waals surface area contributed by atoms with Crippen molar-refractivity contribution in [2.75, 3.05) is 6.54 Å². The maximum Gasteiger partial charge on any atom is 0.407 e. The number of carbonyl (C=O) groups excluding carboxylic acids is 1. The third kappa shape index (κ3) is 5.63. The third-order valence-electron chi connectivity index (χ3n) is 2.98. The van der Waals surface area contributed by atoms with Crippen molar-refractivity contribution >= 4 is 17.0 Å². The molecule has 0 aliphatic rings. The van der Waals surface area contributed by atoms with E-state index >= 15 is 0 Å². The van der Waals surface area contributed by atoms with Crippen molar-refractivity contribution < 1.29 is 9.53 Å². The summed E-state index contributed by atoms with van der Waals surface area (Å²) in [5.74, 6) is 6.16. The normalized spacial score (nSPS) is 10.8. The van der Waals surface area contributed by atoms with Crippen LogP contribution >= 0.6 is 0 Å². The van der Waals surface area contributed by atoms with Crippen molar-refractivity contribution in [3.05, 3.63) is 41.6 Å². The van der Waals surface area contributed by atoms with Crippen molar-refractivity contribution in [3.63, 3.8) is 0 Å². The number of benzene rings is 1. The highest BCUT2D eigenvalue weighted by Crippen LogP contribution is 2.14.